The first-order chi connectivity index (χ1) is 8.17. The number of hydrogen-bond donors (Lipinski definition) is 1. The fraction of sp³-hybridized carbons (Fsp3) is 0.538. The zero-order valence-corrected chi connectivity index (χ0v) is 11.3. The standard InChI is InChI=1S/C13H21NO2S/c1-3-11(2)17(15)9-8-16-13-6-4-12(10-14)5-7-13/h4-7,11H,3,8-10,14H2,1-2H3. The van der Waals surface area contributed by atoms with Gasteiger partial charge in [-0.15, -0.1) is 0 Å². The maximum atomic E-state index is 11.7. The third kappa shape index (κ3) is 4.88. The van der Waals surface area contributed by atoms with Crippen molar-refractivity contribution in [3.05, 3.63) is 29.8 Å². The third-order valence-corrected chi connectivity index (χ3v) is 4.54. The predicted molar refractivity (Wildman–Crippen MR) is 72.6 cm³/mol. The summed E-state index contributed by atoms with van der Waals surface area (Å²) in [5.74, 6) is 1.40. The summed E-state index contributed by atoms with van der Waals surface area (Å²) in [5.41, 5.74) is 6.59. The Morgan fingerprint density at radius 3 is 2.53 bits per heavy atom. The van der Waals surface area contributed by atoms with Crippen LogP contribution in [0.15, 0.2) is 24.3 Å². The molecule has 0 amide bonds. The summed E-state index contributed by atoms with van der Waals surface area (Å²) in [4.78, 5) is 0. The van der Waals surface area contributed by atoms with Crippen LogP contribution in [-0.4, -0.2) is 21.8 Å². The van der Waals surface area contributed by atoms with E-state index < -0.39 is 10.8 Å². The predicted octanol–water partition coefficient (Wildman–Crippen LogP) is 2.07. The van der Waals surface area contributed by atoms with Gasteiger partial charge in [0.05, 0.1) is 12.4 Å². The van der Waals surface area contributed by atoms with E-state index in [1.165, 1.54) is 0 Å². The van der Waals surface area contributed by atoms with Gasteiger partial charge in [-0.25, -0.2) is 0 Å². The van der Waals surface area contributed by atoms with Crippen molar-refractivity contribution in [1.82, 2.24) is 0 Å². The summed E-state index contributed by atoms with van der Waals surface area (Å²) in [5, 5.41) is 0.248. The molecule has 3 nitrogen and oxygen atoms in total. The maximum Gasteiger partial charge on any atom is 0.119 e. The van der Waals surface area contributed by atoms with Crippen LogP contribution in [0.25, 0.3) is 0 Å². The Morgan fingerprint density at radius 1 is 1.35 bits per heavy atom. The van der Waals surface area contributed by atoms with Crippen molar-refractivity contribution >= 4 is 10.8 Å². The van der Waals surface area contributed by atoms with E-state index in [1.807, 2.05) is 31.2 Å². The Balaban J connectivity index is 2.33. The lowest BCUT2D eigenvalue weighted by atomic mass is 10.2. The highest BCUT2D eigenvalue weighted by molar-refractivity contribution is 7.85. The molecule has 0 radical (unpaired) electrons. The van der Waals surface area contributed by atoms with Crippen molar-refractivity contribution in [3.8, 4) is 5.75 Å². The fourth-order valence-electron chi connectivity index (χ4n) is 1.35. The van der Waals surface area contributed by atoms with Gasteiger partial charge in [0.15, 0.2) is 0 Å². The van der Waals surface area contributed by atoms with Crippen molar-refractivity contribution < 1.29 is 8.95 Å². The van der Waals surface area contributed by atoms with E-state index in [1.54, 1.807) is 0 Å². The van der Waals surface area contributed by atoms with Gasteiger partial charge < -0.3 is 10.5 Å². The van der Waals surface area contributed by atoms with E-state index >= 15 is 0 Å². The maximum absolute atomic E-state index is 11.7. The zero-order chi connectivity index (χ0) is 12.7. The molecule has 0 aliphatic rings. The lowest BCUT2D eigenvalue weighted by Gasteiger charge is -2.10. The van der Waals surface area contributed by atoms with Crippen LogP contribution in [-0.2, 0) is 17.3 Å². The van der Waals surface area contributed by atoms with Crippen LogP contribution in [0.1, 0.15) is 25.8 Å². The molecule has 4 heteroatoms. The highest BCUT2D eigenvalue weighted by Crippen LogP contribution is 2.12. The summed E-state index contributed by atoms with van der Waals surface area (Å²) >= 11 is 0. The quantitative estimate of drug-likeness (QED) is 0.811. The van der Waals surface area contributed by atoms with Gasteiger partial charge in [-0.1, -0.05) is 26.0 Å². The first-order valence-corrected chi connectivity index (χ1v) is 7.34. The van der Waals surface area contributed by atoms with E-state index in [2.05, 4.69) is 6.92 Å². The largest absolute Gasteiger partial charge is 0.493 e. The summed E-state index contributed by atoms with van der Waals surface area (Å²) < 4.78 is 17.2. The molecule has 2 unspecified atom stereocenters. The highest BCUT2D eigenvalue weighted by atomic mass is 32.2. The highest BCUT2D eigenvalue weighted by Gasteiger charge is 2.08. The van der Waals surface area contributed by atoms with E-state index in [0.717, 1.165) is 17.7 Å². The molecule has 2 atom stereocenters. The number of benzene rings is 1. The average Bonchev–Trinajstić information content (AvgIpc) is 2.38. The first-order valence-electron chi connectivity index (χ1n) is 5.96. The molecule has 0 heterocycles. The second-order valence-electron chi connectivity index (χ2n) is 4.00. The van der Waals surface area contributed by atoms with Gasteiger partial charge in [-0.2, -0.15) is 0 Å². The van der Waals surface area contributed by atoms with Gasteiger partial charge in [-0.3, -0.25) is 4.21 Å². The van der Waals surface area contributed by atoms with Crippen molar-refractivity contribution in [3.63, 3.8) is 0 Å². The molecule has 0 saturated carbocycles. The normalized spacial score (nSPS) is 14.3. The van der Waals surface area contributed by atoms with Gasteiger partial charge in [-0.05, 0) is 24.1 Å². The number of rotatable bonds is 7. The molecular weight excluding hydrogens is 234 g/mol. The second kappa shape index (κ2) is 7.45. The molecule has 96 valence electrons. The lowest BCUT2D eigenvalue weighted by Crippen LogP contribution is -2.17. The topological polar surface area (TPSA) is 52.3 Å². The minimum absolute atomic E-state index is 0.248. The van der Waals surface area contributed by atoms with E-state index in [-0.39, 0.29) is 5.25 Å². The molecule has 1 rings (SSSR count). The SMILES string of the molecule is CCC(C)S(=O)CCOc1ccc(CN)cc1. The van der Waals surface area contributed by atoms with Crippen LogP contribution in [0.4, 0.5) is 0 Å². The summed E-state index contributed by atoms with van der Waals surface area (Å²) in [6, 6.07) is 7.69. The van der Waals surface area contributed by atoms with Gasteiger partial charge in [0.1, 0.15) is 5.75 Å². The number of nitrogens with two attached hydrogens (primary N) is 1. The Kier molecular flexibility index (Phi) is 6.22. The molecule has 0 spiro atoms. The fourth-order valence-corrected chi connectivity index (χ4v) is 2.37. The Morgan fingerprint density at radius 2 is 2.00 bits per heavy atom. The molecule has 0 bridgehead atoms. The van der Waals surface area contributed by atoms with Gasteiger partial charge in [0, 0.05) is 22.6 Å². The molecule has 1 aromatic carbocycles. The molecule has 2 N–H and O–H groups in total. The van der Waals surface area contributed by atoms with Gasteiger partial charge in [0.2, 0.25) is 0 Å². The molecule has 0 saturated heterocycles. The minimum Gasteiger partial charge on any atom is -0.493 e. The molecule has 1 aromatic rings. The second-order valence-corrected chi connectivity index (χ2v) is 5.97. The number of hydrogen-bond acceptors (Lipinski definition) is 3. The molecule has 17 heavy (non-hydrogen) atoms. The lowest BCUT2D eigenvalue weighted by molar-refractivity contribution is 0.342. The molecule has 0 fully saturated rings. The van der Waals surface area contributed by atoms with Crippen molar-refractivity contribution in [1.29, 1.82) is 0 Å². The van der Waals surface area contributed by atoms with Crippen molar-refractivity contribution in [2.75, 3.05) is 12.4 Å². The summed E-state index contributed by atoms with van der Waals surface area (Å²) in [7, 11) is -0.789. The van der Waals surface area contributed by atoms with Crippen molar-refractivity contribution in [2.45, 2.75) is 32.1 Å². The van der Waals surface area contributed by atoms with Gasteiger partial charge in [0.25, 0.3) is 0 Å². The van der Waals surface area contributed by atoms with Crippen molar-refractivity contribution in [2.24, 2.45) is 5.73 Å². The Hall–Kier alpha value is -0.870. The van der Waals surface area contributed by atoms with Crippen LogP contribution in [0.5, 0.6) is 5.75 Å². The monoisotopic (exact) mass is 255 g/mol. The Bertz CT molecular complexity index is 351. The average molecular weight is 255 g/mol. The van der Waals surface area contributed by atoms with Gasteiger partial charge >= 0.3 is 0 Å². The van der Waals surface area contributed by atoms with Crippen LogP contribution < -0.4 is 10.5 Å². The van der Waals surface area contributed by atoms with Crippen LogP contribution in [0.3, 0.4) is 0 Å². The summed E-state index contributed by atoms with van der Waals surface area (Å²) in [6.45, 7) is 5.10. The Labute approximate surface area is 106 Å². The molecule has 0 aliphatic heterocycles. The molecule has 0 aromatic heterocycles. The number of ether oxygens (including phenoxy) is 1. The first kappa shape index (κ1) is 14.2. The van der Waals surface area contributed by atoms with E-state index in [4.69, 9.17) is 10.5 Å². The summed E-state index contributed by atoms with van der Waals surface area (Å²) in [6.07, 6.45) is 0.942. The van der Waals surface area contributed by atoms with E-state index in [0.29, 0.717) is 18.9 Å². The third-order valence-electron chi connectivity index (χ3n) is 2.74. The van der Waals surface area contributed by atoms with Crippen LogP contribution in [0, 0.1) is 0 Å². The van der Waals surface area contributed by atoms with E-state index in [9.17, 15) is 4.21 Å². The molecule has 0 aliphatic carbocycles. The van der Waals surface area contributed by atoms with Crippen LogP contribution >= 0.6 is 0 Å². The minimum atomic E-state index is -0.789. The zero-order valence-electron chi connectivity index (χ0n) is 10.5. The smallest absolute Gasteiger partial charge is 0.119 e. The van der Waals surface area contributed by atoms with Crippen LogP contribution in [0.2, 0.25) is 0 Å². The molecular formula is C13H21NO2S.